The molecule has 0 amide bonds. The van der Waals surface area contributed by atoms with Crippen LogP contribution in [0, 0.1) is 6.92 Å². The lowest BCUT2D eigenvalue weighted by Crippen LogP contribution is -2.32. The van der Waals surface area contributed by atoms with E-state index in [0.717, 1.165) is 27.5 Å². The molecule has 0 aliphatic carbocycles. The molecule has 0 bridgehead atoms. The molecule has 2 aromatic carbocycles. The lowest BCUT2D eigenvalue weighted by atomic mass is 9.76. The number of fused-ring (bicyclic) bond motifs is 1. The van der Waals surface area contributed by atoms with Gasteiger partial charge in [0.15, 0.2) is 0 Å². The summed E-state index contributed by atoms with van der Waals surface area (Å²) in [5.41, 5.74) is 8.76. The molecule has 0 radical (unpaired) electrons. The number of benzene rings is 2. The molecule has 5 nitrogen and oxygen atoms in total. The predicted molar refractivity (Wildman–Crippen MR) is 103 cm³/mol. The van der Waals surface area contributed by atoms with Crippen LogP contribution in [0.3, 0.4) is 0 Å². The Kier molecular flexibility index (Phi) is 5.47. The first-order chi connectivity index (χ1) is 12.5. The first-order valence-electron chi connectivity index (χ1n) is 8.51. The van der Waals surface area contributed by atoms with Crippen molar-refractivity contribution in [3.8, 4) is 0 Å². The van der Waals surface area contributed by atoms with E-state index < -0.39 is 13.0 Å². The highest BCUT2D eigenvalue weighted by atomic mass is 16.4. The van der Waals surface area contributed by atoms with E-state index in [2.05, 4.69) is 4.98 Å². The molecule has 0 aliphatic heterocycles. The summed E-state index contributed by atoms with van der Waals surface area (Å²) in [6, 6.07) is 13.0. The van der Waals surface area contributed by atoms with Gasteiger partial charge in [0.25, 0.3) is 0 Å². The van der Waals surface area contributed by atoms with Gasteiger partial charge in [0.2, 0.25) is 0 Å². The molecule has 3 rings (SSSR count). The van der Waals surface area contributed by atoms with Crippen LogP contribution >= 0.6 is 0 Å². The summed E-state index contributed by atoms with van der Waals surface area (Å²) in [6.45, 7) is 1.99. The molecule has 0 spiro atoms. The average Bonchev–Trinajstić information content (AvgIpc) is 2.62. The highest BCUT2D eigenvalue weighted by Crippen LogP contribution is 2.21. The highest BCUT2D eigenvalue weighted by molar-refractivity contribution is 6.59. The van der Waals surface area contributed by atoms with Gasteiger partial charge in [0, 0.05) is 30.7 Å². The van der Waals surface area contributed by atoms with E-state index in [0.29, 0.717) is 11.9 Å². The summed E-state index contributed by atoms with van der Waals surface area (Å²) in [6.07, 6.45) is 3.82. The van der Waals surface area contributed by atoms with E-state index in [4.69, 9.17) is 5.73 Å². The molecule has 1 atom stereocenters. The zero-order valence-corrected chi connectivity index (χ0v) is 14.6. The maximum absolute atomic E-state index is 12.8. The molecule has 0 fully saturated rings. The Morgan fingerprint density at radius 3 is 2.65 bits per heavy atom. The molecule has 0 saturated carbocycles. The number of nitrogens with zero attached hydrogens (tertiary/aromatic N) is 1. The number of carbonyl (C=O) groups is 1. The highest BCUT2D eigenvalue weighted by Gasteiger charge is 2.21. The second kappa shape index (κ2) is 7.78. The maximum atomic E-state index is 12.8. The van der Waals surface area contributed by atoms with Crippen LogP contribution in [0.4, 0.5) is 0 Å². The molecule has 1 heterocycles. The van der Waals surface area contributed by atoms with Gasteiger partial charge in [0.05, 0.1) is 5.92 Å². The molecule has 4 N–H and O–H groups in total. The summed E-state index contributed by atoms with van der Waals surface area (Å²) in [5.74, 6) is -0.385. The van der Waals surface area contributed by atoms with Crippen LogP contribution in [0.1, 0.15) is 22.6 Å². The van der Waals surface area contributed by atoms with Crippen LogP contribution in [-0.2, 0) is 11.2 Å². The smallest absolute Gasteiger partial charge is 0.423 e. The number of hydrogen-bond donors (Lipinski definition) is 3. The number of ketones is 1. The van der Waals surface area contributed by atoms with Crippen molar-refractivity contribution >= 4 is 29.1 Å². The Morgan fingerprint density at radius 2 is 1.96 bits per heavy atom. The van der Waals surface area contributed by atoms with Crippen molar-refractivity contribution in [2.24, 2.45) is 5.73 Å². The summed E-state index contributed by atoms with van der Waals surface area (Å²) >= 11 is 0. The van der Waals surface area contributed by atoms with E-state index in [9.17, 15) is 14.8 Å². The molecule has 6 heteroatoms. The molecule has 0 saturated heterocycles. The standard InChI is InChI=1S/C20H21BN2O3/c1-13-8-16(4-5-19(13)21(25)26)18(11-22)20(24)10-14-2-3-17-12-23-7-6-15(17)9-14/h2-9,12,18,25-26H,10-11,22H2,1H3/t18-/m1/s1. The number of aryl methyl sites for hydroxylation is 1. The minimum atomic E-state index is -1.52. The van der Waals surface area contributed by atoms with Crippen molar-refractivity contribution in [2.75, 3.05) is 6.54 Å². The van der Waals surface area contributed by atoms with E-state index in [-0.39, 0.29) is 12.3 Å². The van der Waals surface area contributed by atoms with Gasteiger partial charge in [-0.2, -0.15) is 0 Å². The van der Waals surface area contributed by atoms with Crippen LogP contribution in [0.25, 0.3) is 10.8 Å². The second-order valence-corrected chi connectivity index (χ2v) is 6.48. The summed E-state index contributed by atoms with van der Waals surface area (Å²) in [4.78, 5) is 16.9. The number of pyridine rings is 1. The van der Waals surface area contributed by atoms with Crippen molar-refractivity contribution in [2.45, 2.75) is 19.3 Å². The van der Waals surface area contributed by atoms with Gasteiger partial charge >= 0.3 is 7.12 Å². The van der Waals surface area contributed by atoms with Gasteiger partial charge in [-0.15, -0.1) is 0 Å². The molecule has 132 valence electrons. The fraction of sp³-hybridized carbons (Fsp3) is 0.200. The first-order valence-corrected chi connectivity index (χ1v) is 8.51. The van der Waals surface area contributed by atoms with E-state index >= 15 is 0 Å². The Bertz CT molecular complexity index is 943. The molecule has 0 aliphatic rings. The third-order valence-corrected chi connectivity index (χ3v) is 4.68. The fourth-order valence-electron chi connectivity index (χ4n) is 3.23. The number of Topliss-reactive ketones (excluding diaryl/α,β-unsaturated/α-hetero) is 1. The Hall–Kier alpha value is -2.54. The minimum absolute atomic E-state index is 0.0394. The molecule has 26 heavy (non-hydrogen) atoms. The van der Waals surface area contributed by atoms with Crippen molar-refractivity contribution in [1.82, 2.24) is 4.98 Å². The third-order valence-electron chi connectivity index (χ3n) is 4.68. The molecule has 3 aromatic rings. The average molecular weight is 348 g/mol. The van der Waals surface area contributed by atoms with E-state index in [1.54, 1.807) is 37.5 Å². The monoisotopic (exact) mass is 348 g/mol. The number of aromatic nitrogens is 1. The lowest BCUT2D eigenvalue weighted by molar-refractivity contribution is -0.119. The molecule has 1 aromatic heterocycles. The Labute approximate surface area is 152 Å². The Morgan fingerprint density at radius 1 is 1.15 bits per heavy atom. The minimum Gasteiger partial charge on any atom is -0.423 e. The van der Waals surface area contributed by atoms with Crippen LogP contribution < -0.4 is 11.2 Å². The fourth-order valence-corrected chi connectivity index (χ4v) is 3.23. The topological polar surface area (TPSA) is 96.4 Å². The van der Waals surface area contributed by atoms with Gasteiger partial charge in [-0.1, -0.05) is 42.0 Å². The molecular weight excluding hydrogens is 327 g/mol. The SMILES string of the molecule is Cc1cc([C@@H](CN)C(=O)Cc2ccc3cnccc3c2)ccc1B(O)O. The second-order valence-electron chi connectivity index (χ2n) is 6.48. The summed E-state index contributed by atoms with van der Waals surface area (Å²) in [7, 11) is -1.52. The van der Waals surface area contributed by atoms with Crippen LogP contribution in [0.2, 0.25) is 0 Å². The van der Waals surface area contributed by atoms with E-state index in [1.165, 1.54) is 0 Å². The number of nitrogens with two attached hydrogens (primary N) is 1. The van der Waals surface area contributed by atoms with Crippen molar-refractivity contribution in [1.29, 1.82) is 0 Å². The van der Waals surface area contributed by atoms with Crippen molar-refractivity contribution in [3.63, 3.8) is 0 Å². The first kappa shape index (κ1) is 18.3. The number of carbonyl (C=O) groups excluding carboxylic acids is 1. The van der Waals surface area contributed by atoms with Gasteiger partial charge in [-0.25, -0.2) is 0 Å². The quantitative estimate of drug-likeness (QED) is 0.579. The number of hydrogen-bond acceptors (Lipinski definition) is 5. The van der Waals surface area contributed by atoms with Crippen LogP contribution in [0.5, 0.6) is 0 Å². The van der Waals surface area contributed by atoms with Gasteiger partial charge in [-0.05, 0) is 35.0 Å². The zero-order valence-electron chi connectivity index (χ0n) is 14.6. The Balaban J connectivity index is 1.83. The van der Waals surface area contributed by atoms with Crippen molar-refractivity contribution < 1.29 is 14.8 Å². The van der Waals surface area contributed by atoms with E-state index in [1.807, 2.05) is 24.3 Å². The maximum Gasteiger partial charge on any atom is 0.488 e. The predicted octanol–water partition coefficient (Wildman–Crippen LogP) is 1.08. The van der Waals surface area contributed by atoms with Crippen molar-refractivity contribution in [3.05, 3.63) is 71.5 Å². The van der Waals surface area contributed by atoms with Crippen LogP contribution in [-0.4, -0.2) is 34.5 Å². The zero-order chi connectivity index (χ0) is 18.7. The van der Waals surface area contributed by atoms with Crippen LogP contribution in [0.15, 0.2) is 54.9 Å². The lowest BCUT2D eigenvalue weighted by Gasteiger charge is -2.16. The number of rotatable bonds is 6. The normalized spacial score (nSPS) is 12.2. The molecule has 0 unspecified atom stereocenters. The van der Waals surface area contributed by atoms with Gasteiger partial charge in [0.1, 0.15) is 5.78 Å². The summed E-state index contributed by atoms with van der Waals surface area (Å²) in [5, 5.41) is 20.8. The largest absolute Gasteiger partial charge is 0.488 e. The third kappa shape index (κ3) is 3.83. The summed E-state index contributed by atoms with van der Waals surface area (Å²) < 4.78 is 0. The van der Waals surface area contributed by atoms with Gasteiger partial charge in [-0.3, -0.25) is 9.78 Å². The van der Waals surface area contributed by atoms with Gasteiger partial charge < -0.3 is 15.8 Å². The molecular formula is C20H21BN2O3.